The Kier molecular flexibility index (Phi) is 5.78. The first-order chi connectivity index (χ1) is 10.1. The standard InChI is InChI=1S/C18H23NO2/c1-14(2)21-17-10-6-7-15(11-17)12-19-13-18(20)16-8-4-3-5-9-16/h3-11,14,18-20H,12-13H2,1-2H3/t18-/m0/s1. The molecule has 2 aromatic carbocycles. The van der Waals surface area contributed by atoms with Gasteiger partial charge in [-0.1, -0.05) is 42.5 Å². The Morgan fingerprint density at radius 2 is 1.81 bits per heavy atom. The lowest BCUT2D eigenvalue weighted by Crippen LogP contribution is -2.21. The summed E-state index contributed by atoms with van der Waals surface area (Å²) in [5.74, 6) is 0.882. The lowest BCUT2D eigenvalue weighted by atomic mass is 10.1. The summed E-state index contributed by atoms with van der Waals surface area (Å²) in [7, 11) is 0. The van der Waals surface area contributed by atoms with Gasteiger partial charge in [-0.15, -0.1) is 0 Å². The van der Waals surface area contributed by atoms with Crippen LogP contribution in [0.4, 0.5) is 0 Å². The van der Waals surface area contributed by atoms with Gasteiger partial charge in [-0.3, -0.25) is 0 Å². The van der Waals surface area contributed by atoms with Gasteiger partial charge in [0.15, 0.2) is 0 Å². The first kappa shape index (κ1) is 15.5. The molecule has 3 nitrogen and oxygen atoms in total. The summed E-state index contributed by atoms with van der Waals surface area (Å²) < 4.78 is 5.67. The molecule has 0 radical (unpaired) electrons. The number of ether oxygens (including phenoxy) is 1. The maximum absolute atomic E-state index is 10.1. The molecule has 0 aliphatic carbocycles. The van der Waals surface area contributed by atoms with Gasteiger partial charge in [0.2, 0.25) is 0 Å². The molecular weight excluding hydrogens is 262 g/mol. The van der Waals surface area contributed by atoms with Gasteiger partial charge in [-0.05, 0) is 37.1 Å². The zero-order valence-electron chi connectivity index (χ0n) is 12.6. The van der Waals surface area contributed by atoms with Gasteiger partial charge in [-0.2, -0.15) is 0 Å². The van der Waals surface area contributed by atoms with Crippen molar-refractivity contribution in [3.8, 4) is 5.75 Å². The highest BCUT2D eigenvalue weighted by molar-refractivity contribution is 5.28. The summed E-state index contributed by atoms with van der Waals surface area (Å²) in [6, 6.07) is 17.7. The van der Waals surface area contributed by atoms with E-state index in [0.29, 0.717) is 13.1 Å². The van der Waals surface area contributed by atoms with Gasteiger partial charge >= 0.3 is 0 Å². The predicted molar refractivity (Wildman–Crippen MR) is 85.3 cm³/mol. The summed E-state index contributed by atoms with van der Waals surface area (Å²) in [4.78, 5) is 0. The van der Waals surface area contributed by atoms with Gasteiger partial charge in [-0.25, -0.2) is 0 Å². The molecule has 2 N–H and O–H groups in total. The third-order valence-electron chi connectivity index (χ3n) is 3.12. The molecule has 1 atom stereocenters. The molecule has 2 aromatic rings. The summed E-state index contributed by atoms with van der Waals surface area (Å²) in [5, 5.41) is 13.4. The minimum atomic E-state index is -0.485. The largest absolute Gasteiger partial charge is 0.491 e. The molecule has 0 saturated carbocycles. The first-order valence-corrected chi connectivity index (χ1v) is 7.34. The summed E-state index contributed by atoms with van der Waals surface area (Å²) in [6.07, 6.45) is -0.311. The number of aliphatic hydroxyl groups excluding tert-OH is 1. The molecular formula is C18H23NO2. The smallest absolute Gasteiger partial charge is 0.120 e. The van der Waals surface area contributed by atoms with E-state index in [9.17, 15) is 5.11 Å². The summed E-state index contributed by atoms with van der Waals surface area (Å²) in [6.45, 7) is 5.26. The van der Waals surface area contributed by atoms with E-state index >= 15 is 0 Å². The topological polar surface area (TPSA) is 41.5 Å². The number of rotatable bonds is 7. The zero-order valence-corrected chi connectivity index (χ0v) is 12.6. The molecule has 2 rings (SSSR count). The Hall–Kier alpha value is -1.84. The number of benzene rings is 2. The van der Waals surface area contributed by atoms with Gasteiger partial charge in [0.1, 0.15) is 5.75 Å². The van der Waals surface area contributed by atoms with Crippen molar-refractivity contribution in [2.24, 2.45) is 0 Å². The van der Waals surface area contributed by atoms with Crippen LogP contribution in [0.1, 0.15) is 31.1 Å². The van der Waals surface area contributed by atoms with E-state index in [1.54, 1.807) is 0 Å². The number of aliphatic hydroxyl groups is 1. The minimum absolute atomic E-state index is 0.174. The highest BCUT2D eigenvalue weighted by Crippen LogP contribution is 2.15. The van der Waals surface area contributed by atoms with Crippen LogP contribution in [0.25, 0.3) is 0 Å². The van der Waals surface area contributed by atoms with E-state index in [1.807, 2.05) is 62.4 Å². The lowest BCUT2D eigenvalue weighted by Gasteiger charge is -2.13. The van der Waals surface area contributed by atoms with Crippen molar-refractivity contribution in [3.63, 3.8) is 0 Å². The van der Waals surface area contributed by atoms with Crippen molar-refractivity contribution < 1.29 is 9.84 Å². The van der Waals surface area contributed by atoms with Gasteiger partial charge < -0.3 is 15.2 Å². The van der Waals surface area contributed by atoms with E-state index in [1.165, 1.54) is 0 Å². The summed E-state index contributed by atoms with van der Waals surface area (Å²) in [5.41, 5.74) is 2.08. The van der Waals surface area contributed by atoms with Crippen LogP contribution >= 0.6 is 0 Å². The second kappa shape index (κ2) is 7.81. The average Bonchev–Trinajstić information content (AvgIpc) is 2.48. The van der Waals surface area contributed by atoms with Crippen LogP contribution in [-0.4, -0.2) is 17.8 Å². The van der Waals surface area contributed by atoms with Crippen LogP contribution < -0.4 is 10.1 Å². The third-order valence-corrected chi connectivity index (χ3v) is 3.12. The van der Waals surface area contributed by atoms with Gasteiger partial charge in [0.05, 0.1) is 12.2 Å². The Morgan fingerprint density at radius 3 is 2.52 bits per heavy atom. The van der Waals surface area contributed by atoms with Crippen LogP contribution in [-0.2, 0) is 6.54 Å². The van der Waals surface area contributed by atoms with Crippen LogP contribution in [0.15, 0.2) is 54.6 Å². The SMILES string of the molecule is CC(C)Oc1cccc(CNC[C@H](O)c2ccccc2)c1. The third kappa shape index (κ3) is 5.21. The highest BCUT2D eigenvalue weighted by Gasteiger charge is 2.06. The Balaban J connectivity index is 1.83. The number of nitrogens with one attached hydrogen (secondary N) is 1. The molecule has 0 bridgehead atoms. The molecule has 0 saturated heterocycles. The lowest BCUT2D eigenvalue weighted by molar-refractivity contribution is 0.174. The number of hydrogen-bond acceptors (Lipinski definition) is 3. The molecule has 0 unspecified atom stereocenters. The molecule has 0 aliphatic rings. The van der Waals surface area contributed by atoms with Crippen LogP contribution in [0, 0.1) is 0 Å². The van der Waals surface area contributed by atoms with Crippen molar-refractivity contribution in [1.82, 2.24) is 5.32 Å². The molecule has 0 aliphatic heterocycles. The van der Waals surface area contributed by atoms with Crippen molar-refractivity contribution in [3.05, 3.63) is 65.7 Å². The first-order valence-electron chi connectivity index (χ1n) is 7.34. The average molecular weight is 285 g/mol. The molecule has 0 heterocycles. The fraction of sp³-hybridized carbons (Fsp3) is 0.333. The van der Waals surface area contributed by atoms with Crippen molar-refractivity contribution in [2.75, 3.05) is 6.54 Å². The molecule has 112 valence electrons. The van der Waals surface area contributed by atoms with Crippen molar-refractivity contribution >= 4 is 0 Å². The quantitative estimate of drug-likeness (QED) is 0.820. The Morgan fingerprint density at radius 1 is 1.05 bits per heavy atom. The van der Waals surface area contributed by atoms with Crippen LogP contribution in [0.5, 0.6) is 5.75 Å². The monoisotopic (exact) mass is 285 g/mol. The fourth-order valence-electron chi connectivity index (χ4n) is 2.15. The molecule has 21 heavy (non-hydrogen) atoms. The zero-order chi connectivity index (χ0) is 15.1. The van der Waals surface area contributed by atoms with Crippen molar-refractivity contribution in [1.29, 1.82) is 0 Å². The maximum atomic E-state index is 10.1. The molecule has 0 fully saturated rings. The second-order valence-corrected chi connectivity index (χ2v) is 5.37. The number of hydrogen-bond donors (Lipinski definition) is 2. The van der Waals surface area contributed by atoms with E-state index < -0.39 is 6.10 Å². The normalized spacial score (nSPS) is 12.4. The van der Waals surface area contributed by atoms with E-state index in [0.717, 1.165) is 16.9 Å². The summed E-state index contributed by atoms with van der Waals surface area (Å²) >= 11 is 0. The molecule has 0 amide bonds. The van der Waals surface area contributed by atoms with E-state index in [-0.39, 0.29) is 6.10 Å². The fourth-order valence-corrected chi connectivity index (χ4v) is 2.15. The second-order valence-electron chi connectivity index (χ2n) is 5.37. The van der Waals surface area contributed by atoms with Crippen LogP contribution in [0.2, 0.25) is 0 Å². The van der Waals surface area contributed by atoms with E-state index in [4.69, 9.17) is 4.74 Å². The maximum Gasteiger partial charge on any atom is 0.120 e. The van der Waals surface area contributed by atoms with Crippen molar-refractivity contribution in [2.45, 2.75) is 32.6 Å². The molecule has 3 heteroatoms. The molecule has 0 spiro atoms. The minimum Gasteiger partial charge on any atom is -0.491 e. The Bertz CT molecular complexity index is 540. The highest BCUT2D eigenvalue weighted by atomic mass is 16.5. The van der Waals surface area contributed by atoms with Gasteiger partial charge in [0.25, 0.3) is 0 Å². The van der Waals surface area contributed by atoms with Gasteiger partial charge in [0, 0.05) is 13.1 Å². The van der Waals surface area contributed by atoms with Crippen LogP contribution in [0.3, 0.4) is 0 Å². The van der Waals surface area contributed by atoms with E-state index in [2.05, 4.69) is 11.4 Å². The Labute approximate surface area is 126 Å². The molecule has 0 aromatic heterocycles. The predicted octanol–water partition coefficient (Wildman–Crippen LogP) is 3.30.